The van der Waals surface area contributed by atoms with E-state index in [-0.39, 0.29) is 0 Å². The van der Waals surface area contributed by atoms with E-state index in [1.54, 1.807) is 0 Å². The van der Waals surface area contributed by atoms with Crippen LogP contribution >= 0.6 is 0 Å². The van der Waals surface area contributed by atoms with Crippen LogP contribution < -0.4 is 0 Å². The van der Waals surface area contributed by atoms with Crippen LogP contribution in [0.4, 0.5) is 0 Å². The van der Waals surface area contributed by atoms with Crippen LogP contribution in [0.25, 0.3) is 0 Å². The highest BCUT2D eigenvalue weighted by atomic mass is 14.7. The first-order valence-electron chi connectivity index (χ1n) is 3.92. The van der Waals surface area contributed by atoms with E-state index in [1.165, 1.54) is 11.1 Å². The molecule has 0 aliphatic heterocycles. The molecule has 12 heavy (non-hydrogen) atoms. The fraction of sp³-hybridized carbons (Fsp3) is 0.400. The fourth-order valence-electron chi connectivity index (χ4n) is 1.17. The maximum Gasteiger partial charge on any atom is 0.143 e. The van der Waals surface area contributed by atoms with Crippen molar-refractivity contribution >= 4 is 0 Å². The van der Waals surface area contributed by atoms with Gasteiger partial charge >= 0.3 is 0 Å². The van der Waals surface area contributed by atoms with Crippen molar-refractivity contribution in [2.24, 2.45) is 0 Å². The average molecular weight is 160 g/mol. The van der Waals surface area contributed by atoms with Gasteiger partial charge in [-0.15, -0.1) is 0 Å². The summed E-state index contributed by atoms with van der Waals surface area (Å²) in [7, 11) is 0. The van der Waals surface area contributed by atoms with E-state index >= 15 is 0 Å². The Kier molecular flexibility index (Phi) is 2.14. The molecule has 0 amide bonds. The van der Waals surface area contributed by atoms with Gasteiger partial charge in [-0.25, -0.2) is 4.98 Å². The molecular formula is C10H12N2. The highest BCUT2D eigenvalue weighted by molar-refractivity contribution is 5.42. The van der Waals surface area contributed by atoms with Crippen LogP contribution in [-0.2, 0) is 0 Å². The zero-order valence-corrected chi connectivity index (χ0v) is 7.89. The Hall–Kier alpha value is -1.36. The largest absolute Gasteiger partial charge is 0.242 e. The first kappa shape index (κ1) is 8.73. The van der Waals surface area contributed by atoms with Crippen molar-refractivity contribution in [1.82, 2.24) is 4.98 Å². The summed E-state index contributed by atoms with van der Waals surface area (Å²) >= 11 is 0. The van der Waals surface area contributed by atoms with E-state index in [0.29, 0.717) is 5.69 Å². The van der Waals surface area contributed by atoms with Gasteiger partial charge in [-0.3, -0.25) is 0 Å². The predicted octanol–water partition coefficient (Wildman–Crippen LogP) is 2.19. The van der Waals surface area contributed by atoms with E-state index in [2.05, 4.69) is 11.1 Å². The smallest absolute Gasteiger partial charge is 0.143 e. The van der Waals surface area contributed by atoms with Gasteiger partial charge in [-0.1, -0.05) is 0 Å². The van der Waals surface area contributed by atoms with Gasteiger partial charge in [0.05, 0.1) is 0 Å². The van der Waals surface area contributed by atoms with E-state index in [1.807, 2.05) is 27.7 Å². The Morgan fingerprint density at radius 2 is 1.58 bits per heavy atom. The Bertz CT molecular complexity index is 359. The minimum absolute atomic E-state index is 0.551. The van der Waals surface area contributed by atoms with Gasteiger partial charge < -0.3 is 0 Å². The van der Waals surface area contributed by atoms with Crippen LogP contribution in [0.1, 0.15) is 28.1 Å². The van der Waals surface area contributed by atoms with Crippen LogP contribution in [0.3, 0.4) is 0 Å². The van der Waals surface area contributed by atoms with E-state index < -0.39 is 0 Å². The van der Waals surface area contributed by atoms with Crippen LogP contribution in [0.2, 0.25) is 0 Å². The molecule has 2 heteroatoms. The summed E-state index contributed by atoms with van der Waals surface area (Å²) in [5.41, 5.74) is 4.87. The van der Waals surface area contributed by atoms with Crippen LogP contribution in [0.5, 0.6) is 0 Å². The molecule has 0 N–H and O–H groups in total. The third kappa shape index (κ3) is 1.18. The Balaban J connectivity index is 3.52. The molecular weight excluding hydrogens is 148 g/mol. The molecule has 1 rings (SSSR count). The maximum absolute atomic E-state index is 8.75. The lowest BCUT2D eigenvalue weighted by Gasteiger charge is -2.07. The lowest BCUT2D eigenvalue weighted by Crippen LogP contribution is -1.99. The van der Waals surface area contributed by atoms with Gasteiger partial charge in [0.1, 0.15) is 11.8 Å². The van der Waals surface area contributed by atoms with Crippen molar-refractivity contribution in [2.45, 2.75) is 27.7 Å². The number of pyridine rings is 1. The summed E-state index contributed by atoms with van der Waals surface area (Å²) in [6.07, 6.45) is 0. The Labute approximate surface area is 72.9 Å². The number of hydrogen-bond acceptors (Lipinski definition) is 2. The van der Waals surface area contributed by atoms with Gasteiger partial charge in [0.25, 0.3) is 0 Å². The molecule has 0 fully saturated rings. The molecule has 0 atom stereocenters. The van der Waals surface area contributed by atoms with Crippen LogP contribution in [0, 0.1) is 39.0 Å². The third-order valence-corrected chi connectivity index (χ3v) is 2.41. The predicted molar refractivity (Wildman–Crippen MR) is 47.9 cm³/mol. The molecule has 0 spiro atoms. The topological polar surface area (TPSA) is 36.7 Å². The highest BCUT2D eigenvalue weighted by Gasteiger charge is 2.06. The van der Waals surface area contributed by atoms with Crippen molar-refractivity contribution in [3.05, 3.63) is 28.1 Å². The number of hydrogen-bond donors (Lipinski definition) is 0. The molecule has 1 aromatic heterocycles. The van der Waals surface area contributed by atoms with Crippen molar-refractivity contribution < 1.29 is 0 Å². The summed E-state index contributed by atoms with van der Waals surface area (Å²) in [4.78, 5) is 4.19. The Morgan fingerprint density at radius 1 is 1.00 bits per heavy atom. The second kappa shape index (κ2) is 2.94. The third-order valence-electron chi connectivity index (χ3n) is 2.41. The molecule has 0 radical (unpaired) electrons. The summed E-state index contributed by atoms with van der Waals surface area (Å²) < 4.78 is 0. The molecule has 0 bridgehead atoms. The van der Waals surface area contributed by atoms with Crippen molar-refractivity contribution in [3.63, 3.8) is 0 Å². The van der Waals surface area contributed by atoms with E-state index in [0.717, 1.165) is 11.3 Å². The molecule has 1 aromatic rings. The molecule has 0 aliphatic carbocycles. The van der Waals surface area contributed by atoms with Crippen LogP contribution in [-0.4, -0.2) is 4.98 Å². The van der Waals surface area contributed by atoms with Gasteiger partial charge in [-0.2, -0.15) is 5.26 Å². The van der Waals surface area contributed by atoms with Gasteiger partial charge in [-0.05, 0) is 44.4 Å². The van der Waals surface area contributed by atoms with E-state index in [9.17, 15) is 0 Å². The molecule has 0 saturated heterocycles. The molecule has 0 saturated carbocycles. The first-order valence-corrected chi connectivity index (χ1v) is 3.92. The zero-order chi connectivity index (χ0) is 9.30. The minimum atomic E-state index is 0.551. The van der Waals surface area contributed by atoms with Crippen molar-refractivity contribution in [3.8, 4) is 6.07 Å². The average Bonchev–Trinajstić information content (AvgIpc) is 2.08. The molecule has 0 unspecified atom stereocenters. The van der Waals surface area contributed by atoms with Crippen molar-refractivity contribution in [1.29, 1.82) is 5.26 Å². The number of nitrogens with zero attached hydrogens (tertiary/aromatic N) is 2. The second-order valence-electron chi connectivity index (χ2n) is 3.03. The molecule has 0 aliphatic rings. The van der Waals surface area contributed by atoms with E-state index in [4.69, 9.17) is 5.26 Å². The number of rotatable bonds is 0. The first-order chi connectivity index (χ1) is 5.57. The maximum atomic E-state index is 8.75. The number of aryl methyl sites for hydroxylation is 1. The standard InChI is InChI=1S/C10H12N2/c1-6-7(2)9(4)12-10(5-11)8(6)3/h1-4H3. The molecule has 62 valence electrons. The minimum Gasteiger partial charge on any atom is -0.242 e. The monoisotopic (exact) mass is 160 g/mol. The Morgan fingerprint density at radius 3 is 2.08 bits per heavy atom. The van der Waals surface area contributed by atoms with Gasteiger partial charge in [0, 0.05) is 5.69 Å². The molecule has 2 nitrogen and oxygen atoms in total. The highest BCUT2D eigenvalue weighted by Crippen LogP contribution is 2.16. The van der Waals surface area contributed by atoms with Crippen molar-refractivity contribution in [2.75, 3.05) is 0 Å². The SMILES string of the molecule is Cc1nc(C#N)c(C)c(C)c1C. The number of aromatic nitrogens is 1. The quantitative estimate of drug-likeness (QED) is 0.583. The van der Waals surface area contributed by atoms with Crippen LogP contribution in [0.15, 0.2) is 0 Å². The fourth-order valence-corrected chi connectivity index (χ4v) is 1.17. The number of nitriles is 1. The summed E-state index contributed by atoms with van der Waals surface area (Å²) in [5.74, 6) is 0. The molecule has 1 heterocycles. The molecule has 0 aromatic carbocycles. The zero-order valence-electron chi connectivity index (χ0n) is 7.89. The summed E-state index contributed by atoms with van der Waals surface area (Å²) in [5, 5.41) is 8.75. The van der Waals surface area contributed by atoms with Gasteiger partial charge in [0.15, 0.2) is 0 Å². The lowest BCUT2D eigenvalue weighted by atomic mass is 10.0. The lowest BCUT2D eigenvalue weighted by molar-refractivity contribution is 1.06. The normalized spacial score (nSPS) is 9.58. The summed E-state index contributed by atoms with van der Waals surface area (Å²) in [6, 6.07) is 2.09. The van der Waals surface area contributed by atoms with Gasteiger partial charge in [0.2, 0.25) is 0 Å². The summed E-state index contributed by atoms with van der Waals surface area (Å²) in [6.45, 7) is 7.93. The second-order valence-corrected chi connectivity index (χ2v) is 3.03.